The first kappa shape index (κ1) is 26.6. The van der Waals surface area contributed by atoms with E-state index in [1.807, 2.05) is 19.9 Å². The Morgan fingerprint density at radius 2 is 1.70 bits per heavy atom. The molecule has 0 spiro atoms. The van der Waals surface area contributed by atoms with Crippen LogP contribution in [0.25, 0.3) is 0 Å². The van der Waals surface area contributed by atoms with Gasteiger partial charge in [0.15, 0.2) is 5.78 Å². The van der Waals surface area contributed by atoms with Crippen LogP contribution in [-0.2, 0) is 19.1 Å². The molecule has 5 nitrogen and oxygen atoms in total. The fourth-order valence-corrected chi connectivity index (χ4v) is 10.6. The van der Waals surface area contributed by atoms with E-state index in [4.69, 9.17) is 4.74 Å². The van der Waals surface area contributed by atoms with Crippen molar-refractivity contribution in [2.45, 2.75) is 99.8 Å². The number of esters is 1. The Kier molecular flexibility index (Phi) is 5.95. The van der Waals surface area contributed by atoms with E-state index in [0.717, 1.165) is 44.9 Å². The summed E-state index contributed by atoms with van der Waals surface area (Å²) in [6, 6.07) is 2.18. The van der Waals surface area contributed by atoms with E-state index >= 15 is 0 Å². The number of fused-ring (bicyclic) bond motifs is 7. The molecule has 0 bridgehead atoms. The first-order chi connectivity index (χ1) is 17.2. The molecule has 5 rings (SSSR count). The van der Waals surface area contributed by atoms with Crippen molar-refractivity contribution >= 4 is 17.5 Å². The maximum Gasteiger partial charge on any atom is 0.312 e. The molecule has 0 heterocycles. The average molecular weight is 508 g/mol. The lowest BCUT2D eigenvalue weighted by Gasteiger charge is -2.71. The summed E-state index contributed by atoms with van der Waals surface area (Å²) in [6.07, 6.45) is 8.62. The average Bonchev–Trinajstić information content (AvgIpc) is 2.82. The summed E-state index contributed by atoms with van der Waals surface area (Å²) in [4.78, 5) is 40.9. The van der Waals surface area contributed by atoms with Crippen molar-refractivity contribution in [3.05, 3.63) is 11.6 Å². The number of carbonyl (C=O) groups excluding carboxylic acids is 3. The number of nitriles is 1. The van der Waals surface area contributed by atoms with Crippen molar-refractivity contribution in [1.82, 2.24) is 0 Å². The molecule has 0 aromatic rings. The Labute approximate surface area is 222 Å². The molecule has 0 saturated heterocycles. The first-order valence-electron chi connectivity index (χ1n) is 14.6. The molecule has 37 heavy (non-hydrogen) atoms. The van der Waals surface area contributed by atoms with Crippen molar-refractivity contribution in [3.63, 3.8) is 0 Å². The Bertz CT molecular complexity index is 1110. The van der Waals surface area contributed by atoms with Gasteiger partial charge >= 0.3 is 5.97 Å². The number of rotatable bonds is 2. The normalized spacial score (nSPS) is 48.4. The second kappa shape index (κ2) is 8.27. The van der Waals surface area contributed by atoms with Crippen LogP contribution in [0.4, 0.5) is 0 Å². The van der Waals surface area contributed by atoms with Crippen LogP contribution in [-0.4, -0.2) is 24.1 Å². The zero-order valence-corrected chi connectivity index (χ0v) is 23.9. The van der Waals surface area contributed by atoms with Gasteiger partial charge in [-0.05, 0) is 91.3 Å². The Morgan fingerprint density at radius 1 is 1.03 bits per heavy atom. The van der Waals surface area contributed by atoms with E-state index in [9.17, 15) is 19.6 Å². The maximum atomic E-state index is 14.4. The summed E-state index contributed by atoms with van der Waals surface area (Å²) in [5, 5.41) is 9.79. The molecular formula is C32H45NO4. The number of ether oxygens (including phenoxy) is 1. The van der Waals surface area contributed by atoms with Crippen LogP contribution in [0.2, 0.25) is 0 Å². The Morgan fingerprint density at radius 3 is 2.35 bits per heavy atom. The van der Waals surface area contributed by atoms with E-state index in [0.29, 0.717) is 18.8 Å². The number of carbonyl (C=O) groups is 3. The monoisotopic (exact) mass is 507 g/mol. The zero-order chi connectivity index (χ0) is 27.2. The van der Waals surface area contributed by atoms with E-state index < -0.39 is 5.41 Å². The predicted molar refractivity (Wildman–Crippen MR) is 141 cm³/mol. The molecule has 5 aliphatic rings. The summed E-state index contributed by atoms with van der Waals surface area (Å²) in [5.74, 6) is 0.0412. The van der Waals surface area contributed by atoms with E-state index in [1.165, 1.54) is 0 Å². The van der Waals surface area contributed by atoms with Crippen molar-refractivity contribution in [3.8, 4) is 6.07 Å². The lowest BCUT2D eigenvalue weighted by atomic mass is 9.32. The molecule has 5 heteroatoms. The third-order valence-corrected chi connectivity index (χ3v) is 12.8. The minimum Gasteiger partial charge on any atom is -0.466 e. The molecule has 4 fully saturated rings. The third-order valence-electron chi connectivity index (χ3n) is 12.8. The fourth-order valence-electron chi connectivity index (χ4n) is 10.6. The van der Waals surface area contributed by atoms with Crippen LogP contribution >= 0.6 is 0 Å². The molecule has 202 valence electrons. The lowest BCUT2D eigenvalue weighted by Crippen LogP contribution is -2.68. The molecule has 0 aromatic heterocycles. The van der Waals surface area contributed by atoms with Gasteiger partial charge in [0, 0.05) is 18.3 Å². The van der Waals surface area contributed by atoms with Crippen molar-refractivity contribution in [1.29, 1.82) is 5.26 Å². The van der Waals surface area contributed by atoms with Crippen molar-refractivity contribution in [2.24, 2.45) is 56.7 Å². The first-order valence-corrected chi connectivity index (χ1v) is 14.6. The second-order valence-electron chi connectivity index (χ2n) is 14.7. The molecule has 3 unspecified atom stereocenters. The van der Waals surface area contributed by atoms with Gasteiger partial charge in [-0.2, -0.15) is 5.26 Å². The molecule has 0 aromatic carbocycles. The number of ketones is 2. The predicted octanol–water partition coefficient (Wildman–Crippen LogP) is 6.46. The fraction of sp³-hybridized carbons (Fsp3) is 0.812. The van der Waals surface area contributed by atoms with Gasteiger partial charge in [-0.25, -0.2) is 0 Å². The lowest BCUT2D eigenvalue weighted by molar-refractivity contribution is -0.224. The van der Waals surface area contributed by atoms with Gasteiger partial charge in [0.25, 0.3) is 0 Å². The number of nitrogens with zero attached hydrogens (tertiary/aromatic N) is 1. The van der Waals surface area contributed by atoms with Gasteiger partial charge < -0.3 is 4.74 Å². The SMILES string of the molecule is CCOC(=O)[C@]12CCC(C)(C)CC1C1C(=O)CC3[C@@]4(C)C=C(C#N)C(=O)[C@@H](C)[C@@H]4CC[C@@]3(C)[C@]1(C)CC2. The van der Waals surface area contributed by atoms with Crippen LogP contribution in [0.3, 0.4) is 0 Å². The van der Waals surface area contributed by atoms with Gasteiger partial charge in [-0.1, -0.05) is 47.6 Å². The van der Waals surface area contributed by atoms with Crippen LogP contribution in [0.1, 0.15) is 99.8 Å². The molecule has 4 saturated carbocycles. The standard InChI is InChI=1S/C32H45NO4/c1-8-37-27(36)32-13-11-28(3,4)17-22(32)25-23(34)15-24-29(5)16-20(18-33)26(35)19(2)21(29)9-10-30(24,6)31(25,7)12-14-32/h16,19,21-22,24-25H,8-15,17H2,1-7H3/t19-,21-,22?,24?,25?,29-,30+,31+,32-/m0/s1. The highest BCUT2D eigenvalue weighted by atomic mass is 16.5. The van der Waals surface area contributed by atoms with Crippen LogP contribution < -0.4 is 0 Å². The molecule has 0 radical (unpaired) electrons. The third kappa shape index (κ3) is 3.36. The summed E-state index contributed by atoms with van der Waals surface area (Å²) >= 11 is 0. The highest BCUT2D eigenvalue weighted by Crippen LogP contribution is 2.75. The van der Waals surface area contributed by atoms with Crippen molar-refractivity contribution < 1.29 is 19.1 Å². The highest BCUT2D eigenvalue weighted by Gasteiger charge is 2.72. The minimum atomic E-state index is -0.560. The minimum absolute atomic E-state index is 0.00178. The van der Waals surface area contributed by atoms with Gasteiger partial charge in [-0.15, -0.1) is 0 Å². The van der Waals surface area contributed by atoms with Crippen LogP contribution in [0, 0.1) is 68.0 Å². The number of hydrogen-bond donors (Lipinski definition) is 0. The van der Waals surface area contributed by atoms with Gasteiger partial charge in [0.1, 0.15) is 11.9 Å². The van der Waals surface area contributed by atoms with E-state index in [1.54, 1.807) is 0 Å². The molecular weight excluding hydrogens is 462 g/mol. The molecule has 0 aliphatic heterocycles. The molecule has 0 amide bonds. The van der Waals surface area contributed by atoms with Crippen LogP contribution in [0.5, 0.6) is 0 Å². The topological polar surface area (TPSA) is 84.2 Å². The molecule has 0 N–H and O–H groups in total. The summed E-state index contributed by atoms with van der Waals surface area (Å²) < 4.78 is 5.70. The number of hydrogen-bond acceptors (Lipinski definition) is 5. The summed E-state index contributed by atoms with van der Waals surface area (Å²) in [6.45, 7) is 15.7. The Balaban J connectivity index is 1.62. The quantitative estimate of drug-likeness (QED) is 0.401. The summed E-state index contributed by atoms with van der Waals surface area (Å²) in [7, 11) is 0. The van der Waals surface area contributed by atoms with Crippen molar-refractivity contribution in [2.75, 3.05) is 6.61 Å². The second-order valence-corrected chi connectivity index (χ2v) is 14.7. The van der Waals surface area contributed by atoms with Gasteiger partial charge in [0.2, 0.25) is 0 Å². The number of allylic oxidation sites excluding steroid dienone is 2. The van der Waals surface area contributed by atoms with Gasteiger partial charge in [0.05, 0.1) is 17.6 Å². The molecule has 5 aliphatic carbocycles. The largest absolute Gasteiger partial charge is 0.466 e. The number of Topliss-reactive ketones (excluding diaryl/α,β-unsaturated/α-hetero) is 2. The maximum absolute atomic E-state index is 14.4. The zero-order valence-electron chi connectivity index (χ0n) is 23.9. The van der Waals surface area contributed by atoms with Crippen LogP contribution in [0.15, 0.2) is 11.6 Å². The van der Waals surface area contributed by atoms with E-state index in [-0.39, 0.29) is 68.6 Å². The Hall–Kier alpha value is -1.96. The highest BCUT2D eigenvalue weighted by molar-refractivity contribution is 6.01. The summed E-state index contributed by atoms with van der Waals surface area (Å²) in [5.41, 5.74) is -0.915. The molecule has 9 atom stereocenters. The van der Waals surface area contributed by atoms with Gasteiger partial charge in [-0.3, -0.25) is 14.4 Å². The van der Waals surface area contributed by atoms with E-state index in [2.05, 4.69) is 40.7 Å². The smallest absolute Gasteiger partial charge is 0.312 e.